The number of hydrogen-bond donors (Lipinski definition) is 3. The molecular formula is C14H22N4O2S. The summed E-state index contributed by atoms with van der Waals surface area (Å²) in [4.78, 5) is 4.54. The topological polar surface area (TPSA) is 96.6 Å². The molecule has 0 spiro atoms. The SMILES string of the molecule is C=CCNC(=NCCc1ccc(S(N)(=O)=O)cc1)NCC. The van der Waals surface area contributed by atoms with E-state index in [9.17, 15) is 8.42 Å². The van der Waals surface area contributed by atoms with Crippen molar-refractivity contribution in [1.82, 2.24) is 10.6 Å². The number of sulfonamides is 1. The van der Waals surface area contributed by atoms with Crippen LogP contribution in [0.15, 0.2) is 46.8 Å². The van der Waals surface area contributed by atoms with Gasteiger partial charge in [-0.15, -0.1) is 6.58 Å². The molecule has 0 heterocycles. The Kier molecular flexibility index (Phi) is 6.90. The molecule has 0 aliphatic heterocycles. The maximum atomic E-state index is 11.2. The first kappa shape index (κ1) is 17.2. The van der Waals surface area contributed by atoms with Crippen LogP contribution in [0.5, 0.6) is 0 Å². The molecule has 0 radical (unpaired) electrons. The lowest BCUT2D eigenvalue weighted by Gasteiger charge is -2.09. The minimum absolute atomic E-state index is 0.121. The molecule has 0 atom stereocenters. The molecule has 0 bridgehead atoms. The number of nitrogens with one attached hydrogen (secondary N) is 2. The lowest BCUT2D eigenvalue weighted by Crippen LogP contribution is -2.37. The smallest absolute Gasteiger partial charge is 0.238 e. The normalized spacial score (nSPS) is 12.0. The third-order valence-corrected chi connectivity index (χ3v) is 3.61. The van der Waals surface area contributed by atoms with Crippen molar-refractivity contribution < 1.29 is 8.42 Å². The third-order valence-electron chi connectivity index (χ3n) is 2.68. The third kappa shape index (κ3) is 6.42. The van der Waals surface area contributed by atoms with E-state index in [-0.39, 0.29) is 4.90 Å². The number of nitrogens with zero attached hydrogens (tertiary/aromatic N) is 1. The summed E-state index contributed by atoms with van der Waals surface area (Å²) >= 11 is 0. The fourth-order valence-corrected chi connectivity index (χ4v) is 2.17. The van der Waals surface area contributed by atoms with E-state index in [1.54, 1.807) is 18.2 Å². The van der Waals surface area contributed by atoms with Gasteiger partial charge in [0.15, 0.2) is 5.96 Å². The van der Waals surface area contributed by atoms with Gasteiger partial charge in [-0.05, 0) is 31.0 Å². The molecule has 116 valence electrons. The Labute approximate surface area is 126 Å². The number of benzene rings is 1. The summed E-state index contributed by atoms with van der Waals surface area (Å²) in [5, 5.41) is 11.3. The Hall–Kier alpha value is -1.86. The van der Waals surface area contributed by atoms with Crippen LogP contribution in [-0.4, -0.2) is 34.0 Å². The predicted octanol–water partition coefficient (Wildman–Crippen LogP) is 0.618. The molecule has 0 saturated carbocycles. The molecule has 0 aromatic heterocycles. The van der Waals surface area contributed by atoms with Crippen LogP contribution < -0.4 is 15.8 Å². The number of rotatable bonds is 7. The van der Waals surface area contributed by atoms with E-state index in [4.69, 9.17) is 5.14 Å². The van der Waals surface area contributed by atoms with Crippen molar-refractivity contribution in [1.29, 1.82) is 0 Å². The highest BCUT2D eigenvalue weighted by atomic mass is 32.2. The zero-order chi connectivity index (χ0) is 15.7. The molecule has 1 rings (SSSR count). The fourth-order valence-electron chi connectivity index (χ4n) is 1.65. The molecule has 21 heavy (non-hydrogen) atoms. The molecule has 0 fully saturated rings. The molecule has 0 aliphatic rings. The van der Waals surface area contributed by atoms with Crippen molar-refractivity contribution in [2.24, 2.45) is 10.1 Å². The van der Waals surface area contributed by atoms with Gasteiger partial charge in [-0.2, -0.15) is 0 Å². The summed E-state index contributed by atoms with van der Waals surface area (Å²) in [6, 6.07) is 6.52. The van der Waals surface area contributed by atoms with Crippen LogP contribution in [0.2, 0.25) is 0 Å². The first-order valence-electron chi connectivity index (χ1n) is 6.72. The van der Waals surface area contributed by atoms with Gasteiger partial charge in [0.25, 0.3) is 0 Å². The molecule has 7 heteroatoms. The molecule has 0 aliphatic carbocycles. The van der Waals surface area contributed by atoms with E-state index in [1.165, 1.54) is 12.1 Å². The van der Waals surface area contributed by atoms with Gasteiger partial charge < -0.3 is 10.6 Å². The van der Waals surface area contributed by atoms with Gasteiger partial charge in [0, 0.05) is 19.6 Å². The van der Waals surface area contributed by atoms with Crippen LogP contribution in [0.3, 0.4) is 0 Å². The van der Waals surface area contributed by atoms with Crippen molar-refractivity contribution >= 4 is 16.0 Å². The Morgan fingerprint density at radius 3 is 2.52 bits per heavy atom. The van der Waals surface area contributed by atoms with Gasteiger partial charge in [-0.3, -0.25) is 4.99 Å². The van der Waals surface area contributed by atoms with Crippen LogP contribution in [0.25, 0.3) is 0 Å². The second-order valence-corrected chi connectivity index (χ2v) is 5.93. The highest BCUT2D eigenvalue weighted by Crippen LogP contribution is 2.09. The van der Waals surface area contributed by atoms with Crippen molar-refractivity contribution in [3.8, 4) is 0 Å². The first-order chi connectivity index (χ1) is 9.97. The van der Waals surface area contributed by atoms with Crippen molar-refractivity contribution in [2.45, 2.75) is 18.2 Å². The first-order valence-corrected chi connectivity index (χ1v) is 8.26. The average Bonchev–Trinajstić information content (AvgIpc) is 2.44. The maximum Gasteiger partial charge on any atom is 0.238 e. The summed E-state index contributed by atoms with van der Waals surface area (Å²) < 4.78 is 22.3. The van der Waals surface area contributed by atoms with Crippen LogP contribution in [0.1, 0.15) is 12.5 Å². The van der Waals surface area contributed by atoms with Crippen molar-refractivity contribution in [3.05, 3.63) is 42.5 Å². The average molecular weight is 310 g/mol. The van der Waals surface area contributed by atoms with E-state index in [0.717, 1.165) is 24.5 Å². The van der Waals surface area contributed by atoms with E-state index < -0.39 is 10.0 Å². The highest BCUT2D eigenvalue weighted by molar-refractivity contribution is 7.89. The van der Waals surface area contributed by atoms with E-state index >= 15 is 0 Å². The molecule has 4 N–H and O–H groups in total. The largest absolute Gasteiger partial charge is 0.357 e. The van der Waals surface area contributed by atoms with Gasteiger partial charge in [-0.25, -0.2) is 13.6 Å². The molecule has 6 nitrogen and oxygen atoms in total. The van der Waals surface area contributed by atoms with Crippen LogP contribution in [0.4, 0.5) is 0 Å². The van der Waals surface area contributed by atoms with Gasteiger partial charge in [-0.1, -0.05) is 18.2 Å². The monoisotopic (exact) mass is 310 g/mol. The van der Waals surface area contributed by atoms with Crippen molar-refractivity contribution in [2.75, 3.05) is 19.6 Å². The molecular weight excluding hydrogens is 288 g/mol. The second kappa shape index (κ2) is 8.43. The lowest BCUT2D eigenvalue weighted by molar-refractivity contribution is 0.598. The second-order valence-electron chi connectivity index (χ2n) is 4.37. The zero-order valence-corrected chi connectivity index (χ0v) is 13.0. The number of hydrogen-bond acceptors (Lipinski definition) is 3. The summed E-state index contributed by atoms with van der Waals surface area (Å²) in [6.07, 6.45) is 2.48. The van der Waals surface area contributed by atoms with Crippen LogP contribution in [-0.2, 0) is 16.4 Å². The Balaban J connectivity index is 2.59. The van der Waals surface area contributed by atoms with Crippen molar-refractivity contribution in [3.63, 3.8) is 0 Å². The number of primary sulfonamides is 1. The molecule has 0 saturated heterocycles. The maximum absolute atomic E-state index is 11.2. The minimum Gasteiger partial charge on any atom is -0.357 e. The zero-order valence-electron chi connectivity index (χ0n) is 12.2. The molecule has 1 aromatic rings. The van der Waals surface area contributed by atoms with Gasteiger partial charge >= 0.3 is 0 Å². The fraction of sp³-hybridized carbons (Fsp3) is 0.357. The van der Waals surface area contributed by atoms with Crippen LogP contribution >= 0.6 is 0 Å². The Morgan fingerprint density at radius 1 is 1.33 bits per heavy atom. The quantitative estimate of drug-likeness (QED) is 0.391. The summed E-state index contributed by atoms with van der Waals surface area (Å²) in [5.41, 5.74) is 1.01. The van der Waals surface area contributed by atoms with Gasteiger partial charge in [0.05, 0.1) is 4.90 Å². The van der Waals surface area contributed by atoms with E-state index in [2.05, 4.69) is 22.2 Å². The highest BCUT2D eigenvalue weighted by Gasteiger charge is 2.06. The molecule has 1 aromatic carbocycles. The summed E-state index contributed by atoms with van der Waals surface area (Å²) in [7, 11) is -3.63. The predicted molar refractivity (Wildman–Crippen MR) is 85.7 cm³/mol. The Morgan fingerprint density at radius 2 is 2.00 bits per heavy atom. The van der Waals surface area contributed by atoms with E-state index in [1.807, 2.05) is 6.92 Å². The number of aliphatic imine (C=N–C) groups is 1. The number of guanidine groups is 1. The Bertz CT molecular complexity index is 579. The summed E-state index contributed by atoms with van der Waals surface area (Å²) in [6.45, 7) is 7.67. The summed E-state index contributed by atoms with van der Waals surface area (Å²) in [5.74, 6) is 0.735. The van der Waals surface area contributed by atoms with E-state index in [0.29, 0.717) is 13.1 Å². The molecule has 0 amide bonds. The minimum atomic E-state index is -3.63. The lowest BCUT2D eigenvalue weighted by atomic mass is 10.1. The molecule has 0 unspecified atom stereocenters. The van der Waals surface area contributed by atoms with Crippen LogP contribution in [0, 0.1) is 0 Å². The van der Waals surface area contributed by atoms with Gasteiger partial charge in [0.1, 0.15) is 0 Å². The van der Waals surface area contributed by atoms with Gasteiger partial charge in [0.2, 0.25) is 10.0 Å². The standard InChI is InChI=1S/C14H22N4O2S/c1-3-10-17-14(16-4-2)18-11-9-12-5-7-13(8-6-12)21(15,19)20/h3,5-8H,1,4,9-11H2,2H3,(H2,15,19,20)(H2,16,17,18). The number of nitrogens with two attached hydrogens (primary N) is 1.